The second-order valence-electron chi connectivity index (χ2n) is 11.4. The monoisotopic (exact) mass is 464 g/mol. The van der Waals surface area contributed by atoms with Gasteiger partial charge in [0.05, 0.1) is 13.2 Å². The summed E-state index contributed by atoms with van der Waals surface area (Å²) in [6.45, 7) is 15.2. The van der Waals surface area contributed by atoms with Crippen LogP contribution >= 0.6 is 0 Å². The summed E-state index contributed by atoms with van der Waals surface area (Å²) in [4.78, 5) is 25.0. The van der Waals surface area contributed by atoms with Crippen LogP contribution in [0, 0.1) is 46.3 Å². The van der Waals surface area contributed by atoms with Gasteiger partial charge in [0.1, 0.15) is 5.78 Å². The molecule has 8 unspecified atom stereocenters. The number of rotatable bonds is 4. The Hall–Kier alpha value is -0.900. The number of carbonyl (C=O) groups is 2. The zero-order chi connectivity index (χ0) is 25.0. The molecule has 1 N–H and O–H groups in total. The first-order valence-electron chi connectivity index (χ1n) is 14.0. The van der Waals surface area contributed by atoms with E-state index >= 15 is 0 Å². The Morgan fingerprint density at radius 2 is 1.64 bits per heavy atom. The Bertz CT molecular complexity index is 660. The molecule has 4 aliphatic rings. The second kappa shape index (κ2) is 11.7. The zero-order valence-corrected chi connectivity index (χ0v) is 22.8. The highest BCUT2D eigenvalue weighted by molar-refractivity contribution is 5.83. The summed E-state index contributed by atoms with van der Waals surface area (Å²) >= 11 is 0. The van der Waals surface area contributed by atoms with E-state index in [-0.39, 0.29) is 28.8 Å². The van der Waals surface area contributed by atoms with Crippen molar-refractivity contribution in [3.63, 3.8) is 0 Å². The van der Waals surface area contributed by atoms with Crippen LogP contribution in [0.1, 0.15) is 113 Å². The fraction of sp³-hybridized carbons (Fsp3) is 0.931. The van der Waals surface area contributed by atoms with Crippen LogP contribution in [0.2, 0.25) is 0 Å². The molecule has 192 valence electrons. The molecule has 4 heteroatoms. The predicted octanol–water partition coefficient (Wildman–Crippen LogP) is 6.83. The number of aliphatic hydroxyl groups is 1. The number of esters is 1. The Balaban J connectivity index is 0.000000914. The van der Waals surface area contributed by atoms with Gasteiger partial charge < -0.3 is 9.84 Å². The molecule has 0 radical (unpaired) electrons. The zero-order valence-electron chi connectivity index (χ0n) is 22.8. The van der Waals surface area contributed by atoms with Gasteiger partial charge in [-0.2, -0.15) is 0 Å². The molecular formula is C29H52O4. The van der Waals surface area contributed by atoms with Gasteiger partial charge in [-0.15, -0.1) is 0 Å². The van der Waals surface area contributed by atoms with Gasteiger partial charge in [0, 0.05) is 18.8 Å². The third-order valence-electron chi connectivity index (χ3n) is 10.2. The van der Waals surface area contributed by atoms with Crippen molar-refractivity contribution in [3.8, 4) is 0 Å². The van der Waals surface area contributed by atoms with Gasteiger partial charge in [0.25, 0.3) is 0 Å². The van der Waals surface area contributed by atoms with Gasteiger partial charge >= 0.3 is 5.97 Å². The van der Waals surface area contributed by atoms with Crippen LogP contribution in [0.3, 0.4) is 0 Å². The maximum atomic E-state index is 13.4. The lowest BCUT2D eigenvalue weighted by molar-refractivity contribution is -0.160. The molecule has 4 nitrogen and oxygen atoms in total. The van der Waals surface area contributed by atoms with E-state index in [2.05, 4.69) is 20.8 Å². The molecule has 0 amide bonds. The number of hydrogen-bond acceptors (Lipinski definition) is 4. The summed E-state index contributed by atoms with van der Waals surface area (Å²) in [5.74, 6) is 3.08. The minimum atomic E-state index is -0.210. The summed E-state index contributed by atoms with van der Waals surface area (Å²) in [7, 11) is 1.47. The van der Waals surface area contributed by atoms with Gasteiger partial charge in [-0.25, -0.2) is 0 Å². The number of carbonyl (C=O) groups excluding carboxylic acids is 2. The highest BCUT2D eigenvalue weighted by Gasteiger charge is 2.62. The molecular weight excluding hydrogens is 412 g/mol. The lowest BCUT2D eigenvalue weighted by Gasteiger charge is -2.60. The lowest BCUT2D eigenvalue weighted by atomic mass is 9.44. The minimum Gasteiger partial charge on any atom is -0.469 e. The average Bonchev–Trinajstić information content (AvgIpc) is 3.18. The Labute approximate surface area is 203 Å². The van der Waals surface area contributed by atoms with E-state index in [9.17, 15) is 14.7 Å². The maximum Gasteiger partial charge on any atom is 0.305 e. The number of methoxy groups -OCH3 is 1. The fourth-order valence-electron chi connectivity index (χ4n) is 8.53. The number of Topliss-reactive ketones (excluding diaryl/α,β-unsaturated/α-hetero) is 1. The number of hydrogen-bond donors (Lipinski definition) is 1. The van der Waals surface area contributed by atoms with Gasteiger partial charge in [-0.05, 0) is 91.8 Å². The van der Waals surface area contributed by atoms with Crippen molar-refractivity contribution in [2.75, 3.05) is 7.11 Å². The molecule has 33 heavy (non-hydrogen) atoms. The molecule has 0 aliphatic heterocycles. The summed E-state index contributed by atoms with van der Waals surface area (Å²) in [5, 5.41) is 10.2. The smallest absolute Gasteiger partial charge is 0.305 e. The van der Waals surface area contributed by atoms with Crippen molar-refractivity contribution in [1.82, 2.24) is 0 Å². The van der Waals surface area contributed by atoms with Crippen LogP contribution < -0.4 is 0 Å². The van der Waals surface area contributed by atoms with E-state index in [4.69, 9.17) is 4.74 Å². The average molecular weight is 465 g/mol. The van der Waals surface area contributed by atoms with Crippen molar-refractivity contribution in [2.24, 2.45) is 46.3 Å². The largest absolute Gasteiger partial charge is 0.469 e. The lowest BCUT2D eigenvalue weighted by Crippen LogP contribution is -2.57. The molecule has 0 heterocycles. The Morgan fingerprint density at radius 3 is 2.27 bits per heavy atom. The van der Waals surface area contributed by atoms with E-state index in [0.717, 1.165) is 32.1 Å². The van der Waals surface area contributed by atoms with E-state index in [1.165, 1.54) is 26.4 Å². The highest BCUT2D eigenvalue weighted by Crippen LogP contribution is 2.67. The predicted molar refractivity (Wildman–Crippen MR) is 135 cm³/mol. The summed E-state index contributed by atoms with van der Waals surface area (Å²) in [5.41, 5.74) is 0.456. The maximum absolute atomic E-state index is 13.4. The molecule has 0 saturated heterocycles. The normalized spacial score (nSPS) is 42.3. The summed E-state index contributed by atoms with van der Waals surface area (Å²) in [6.07, 6.45) is 9.40. The van der Waals surface area contributed by atoms with Crippen LogP contribution in [0.5, 0.6) is 0 Å². The minimum absolute atomic E-state index is 0.110. The van der Waals surface area contributed by atoms with Crippen molar-refractivity contribution in [1.29, 1.82) is 0 Å². The van der Waals surface area contributed by atoms with Gasteiger partial charge in [-0.3, -0.25) is 9.59 Å². The van der Waals surface area contributed by atoms with Crippen LogP contribution in [0.25, 0.3) is 0 Å². The van der Waals surface area contributed by atoms with Crippen molar-refractivity contribution in [3.05, 3.63) is 0 Å². The Morgan fingerprint density at radius 1 is 1.03 bits per heavy atom. The highest BCUT2D eigenvalue weighted by atomic mass is 16.5. The van der Waals surface area contributed by atoms with Gasteiger partial charge in [0.2, 0.25) is 0 Å². The molecule has 4 rings (SSSR count). The van der Waals surface area contributed by atoms with Crippen LogP contribution in [0.4, 0.5) is 0 Å². The van der Waals surface area contributed by atoms with Crippen molar-refractivity contribution in [2.45, 2.75) is 119 Å². The molecule has 9 atom stereocenters. The molecule has 0 bridgehead atoms. The summed E-state index contributed by atoms with van der Waals surface area (Å²) in [6, 6.07) is 0. The molecule has 4 saturated carbocycles. The third-order valence-corrected chi connectivity index (χ3v) is 10.2. The van der Waals surface area contributed by atoms with E-state index < -0.39 is 0 Å². The van der Waals surface area contributed by atoms with Crippen molar-refractivity contribution < 1.29 is 19.4 Å². The van der Waals surface area contributed by atoms with Gasteiger partial charge in [-0.1, -0.05) is 48.5 Å². The van der Waals surface area contributed by atoms with Crippen molar-refractivity contribution >= 4 is 11.8 Å². The number of ketones is 1. The van der Waals surface area contributed by atoms with Crippen LogP contribution in [0.15, 0.2) is 0 Å². The topological polar surface area (TPSA) is 63.6 Å². The van der Waals surface area contributed by atoms with Crippen LogP contribution in [-0.2, 0) is 14.3 Å². The first-order valence-corrected chi connectivity index (χ1v) is 14.0. The molecule has 0 spiro atoms. The molecule has 0 aromatic carbocycles. The summed E-state index contributed by atoms with van der Waals surface area (Å²) < 4.78 is 4.85. The fourth-order valence-corrected chi connectivity index (χ4v) is 8.53. The molecule has 4 fully saturated rings. The van der Waals surface area contributed by atoms with E-state index in [0.29, 0.717) is 48.2 Å². The number of fused-ring (bicyclic) bond motifs is 5. The quantitative estimate of drug-likeness (QED) is 0.463. The Kier molecular flexibility index (Phi) is 10.0. The third kappa shape index (κ3) is 5.21. The first kappa shape index (κ1) is 28.3. The second-order valence-corrected chi connectivity index (χ2v) is 11.4. The van der Waals surface area contributed by atoms with E-state index in [1.807, 2.05) is 27.7 Å². The molecule has 0 aromatic rings. The van der Waals surface area contributed by atoms with Gasteiger partial charge in [0.15, 0.2) is 0 Å². The number of ether oxygens (including phenoxy) is 1. The molecule has 0 aromatic heterocycles. The van der Waals surface area contributed by atoms with E-state index in [1.54, 1.807) is 0 Å². The molecule has 4 aliphatic carbocycles. The first-order chi connectivity index (χ1) is 15.7. The number of aliphatic hydroxyl groups excluding tert-OH is 1. The van der Waals surface area contributed by atoms with Crippen LogP contribution in [-0.4, -0.2) is 30.1 Å². The SMILES string of the molecule is CC.CC.COC(=O)CC[C@@H](C)C1CCC2C3C(=O)CC4CC(O)CCC4(C)C3CCC21C. The standard InChI is InChI=1S/C25H40O4.2C2H6/c1-15(5-8-22(28)29-4)18-6-7-19-23-20(10-12-25(18,19)3)24(2)11-9-17(26)13-16(24)14-21(23)27;2*1-2/h15-20,23,26H,5-14H2,1-4H3;2*1-2H3/t15-,16?,17?,18?,19?,20?,23?,24?,25?;;/m1../s1.